The van der Waals surface area contributed by atoms with Gasteiger partial charge in [-0.2, -0.15) is 0 Å². The lowest BCUT2D eigenvalue weighted by atomic mass is 9.84. The highest BCUT2D eigenvalue weighted by molar-refractivity contribution is 4.90. The molecule has 1 rings (SSSR count). The van der Waals surface area contributed by atoms with Crippen molar-refractivity contribution in [3.8, 4) is 0 Å². The molecule has 11 heavy (non-hydrogen) atoms. The zero-order chi connectivity index (χ0) is 8.86. The molecule has 0 aromatic heterocycles. The molecule has 0 radical (unpaired) electrons. The summed E-state index contributed by atoms with van der Waals surface area (Å²) in [6, 6.07) is 0. The number of hydrogen-bond donors (Lipinski definition) is 2. The first-order chi connectivity index (χ1) is 4.80. The molecule has 4 nitrogen and oxygen atoms in total. The summed E-state index contributed by atoms with van der Waals surface area (Å²) in [5.41, 5.74) is -1.05. The van der Waals surface area contributed by atoms with Crippen LogP contribution < -0.4 is 10.1 Å². The molecule has 4 heteroatoms. The van der Waals surface area contributed by atoms with Gasteiger partial charge in [-0.3, -0.25) is 0 Å². The third kappa shape index (κ3) is 0.980. The first-order valence-corrected chi connectivity index (χ1v) is 3.74. The third-order valence-corrected chi connectivity index (χ3v) is 3.06. The Morgan fingerprint density at radius 1 is 0.909 bits per heavy atom. The highest BCUT2D eigenvalue weighted by Gasteiger charge is 2.49. The predicted octanol–water partition coefficient (Wildman–Crippen LogP) is -1.56. The van der Waals surface area contributed by atoms with Gasteiger partial charge in [0.05, 0.1) is 6.67 Å². The SMILES string of the molecule is CC1(C)[NH+]([O-])[CH-][NH+]([O-])C1(C)C. The Morgan fingerprint density at radius 2 is 1.18 bits per heavy atom. The van der Waals surface area contributed by atoms with Crippen LogP contribution in [0.25, 0.3) is 0 Å². The molecule has 1 aliphatic heterocycles. The van der Waals surface area contributed by atoms with Gasteiger partial charge in [-0.1, -0.05) is 0 Å². The summed E-state index contributed by atoms with van der Waals surface area (Å²) < 4.78 is 0. The van der Waals surface area contributed by atoms with Gasteiger partial charge in [0.25, 0.3) is 0 Å². The molecule has 0 spiro atoms. The van der Waals surface area contributed by atoms with Gasteiger partial charge >= 0.3 is 0 Å². The average molecular weight is 159 g/mol. The fourth-order valence-electron chi connectivity index (χ4n) is 1.10. The number of hydroxylamine groups is 4. The van der Waals surface area contributed by atoms with E-state index < -0.39 is 11.1 Å². The largest absolute Gasteiger partial charge is 0.659 e. The van der Waals surface area contributed by atoms with E-state index in [4.69, 9.17) is 0 Å². The van der Waals surface area contributed by atoms with Crippen molar-refractivity contribution in [3.05, 3.63) is 17.1 Å². The summed E-state index contributed by atoms with van der Waals surface area (Å²) in [5.74, 6) is 0. The summed E-state index contributed by atoms with van der Waals surface area (Å²) >= 11 is 0. The quantitative estimate of drug-likeness (QED) is 0.332. The van der Waals surface area contributed by atoms with Gasteiger partial charge in [-0.05, 0) is 27.7 Å². The Kier molecular flexibility index (Phi) is 1.76. The van der Waals surface area contributed by atoms with Crippen LogP contribution in [0.3, 0.4) is 0 Å². The first kappa shape index (κ1) is 8.93. The maximum Gasteiger partial charge on any atom is 0.125 e. The number of nitrogens with one attached hydrogen (secondary N) is 2. The Hall–Kier alpha value is -0.160. The van der Waals surface area contributed by atoms with Crippen molar-refractivity contribution in [2.24, 2.45) is 0 Å². The molecule has 66 valence electrons. The minimum atomic E-state index is -0.524. The van der Waals surface area contributed by atoms with Crippen molar-refractivity contribution in [2.75, 3.05) is 0 Å². The zero-order valence-electron chi connectivity index (χ0n) is 7.39. The van der Waals surface area contributed by atoms with Crippen molar-refractivity contribution in [3.63, 3.8) is 0 Å². The number of quaternary nitrogens is 2. The van der Waals surface area contributed by atoms with E-state index in [-0.39, 0.29) is 10.1 Å². The molecule has 0 aliphatic carbocycles. The van der Waals surface area contributed by atoms with E-state index in [9.17, 15) is 10.4 Å². The first-order valence-electron chi connectivity index (χ1n) is 3.74. The molecule has 0 aromatic carbocycles. The summed E-state index contributed by atoms with van der Waals surface area (Å²) in [7, 11) is 0. The van der Waals surface area contributed by atoms with Crippen molar-refractivity contribution < 1.29 is 10.1 Å². The minimum Gasteiger partial charge on any atom is -0.659 e. The van der Waals surface area contributed by atoms with Gasteiger partial charge in [0, 0.05) is 0 Å². The zero-order valence-corrected chi connectivity index (χ0v) is 7.39. The Bertz CT molecular complexity index is 150. The third-order valence-electron chi connectivity index (χ3n) is 3.06. The average Bonchev–Trinajstić information content (AvgIpc) is 1.95. The molecule has 1 heterocycles. The van der Waals surface area contributed by atoms with Gasteiger partial charge in [0.1, 0.15) is 11.1 Å². The monoisotopic (exact) mass is 159 g/mol. The maximum atomic E-state index is 11.2. The lowest BCUT2D eigenvalue weighted by molar-refractivity contribution is -0.951. The molecular weight excluding hydrogens is 144 g/mol. The second-order valence-electron chi connectivity index (χ2n) is 4.12. The summed E-state index contributed by atoms with van der Waals surface area (Å²) in [5, 5.41) is 22.4. The van der Waals surface area contributed by atoms with Crippen LogP contribution in [-0.4, -0.2) is 11.1 Å². The summed E-state index contributed by atoms with van der Waals surface area (Å²) in [4.78, 5) is 0. The Labute approximate surface area is 66.9 Å². The van der Waals surface area contributed by atoms with E-state index in [1.807, 2.05) is 27.7 Å². The van der Waals surface area contributed by atoms with Crippen LogP contribution in [0.1, 0.15) is 27.7 Å². The van der Waals surface area contributed by atoms with Gasteiger partial charge in [0.15, 0.2) is 0 Å². The highest BCUT2D eigenvalue weighted by Crippen LogP contribution is 2.17. The number of hydrogen-bond acceptors (Lipinski definition) is 2. The molecule has 0 saturated carbocycles. The van der Waals surface area contributed by atoms with Crippen LogP contribution in [0, 0.1) is 17.1 Å². The highest BCUT2D eigenvalue weighted by atomic mass is 16.6. The van der Waals surface area contributed by atoms with Gasteiger partial charge in [-0.15, -0.1) is 0 Å². The van der Waals surface area contributed by atoms with E-state index in [1.165, 1.54) is 6.67 Å². The number of rotatable bonds is 0. The molecule has 1 aliphatic rings. The molecular formula is C7H15N2O2-. The van der Waals surface area contributed by atoms with Crippen LogP contribution in [0.5, 0.6) is 0 Å². The lowest BCUT2D eigenvalue weighted by Crippen LogP contribution is -3.17. The van der Waals surface area contributed by atoms with E-state index in [2.05, 4.69) is 0 Å². The van der Waals surface area contributed by atoms with E-state index in [0.29, 0.717) is 0 Å². The standard InChI is InChI=1S/C7H15N2O2/c1-6(2)7(3,4)9(11)5-8(6)10/h5,8-9H,1-4H3/q-1. The van der Waals surface area contributed by atoms with Gasteiger partial charge in [0.2, 0.25) is 0 Å². The molecule has 2 N–H and O–H groups in total. The molecule has 0 bridgehead atoms. The van der Waals surface area contributed by atoms with Crippen LogP contribution in [0.15, 0.2) is 0 Å². The molecule has 1 saturated heterocycles. The molecule has 2 unspecified atom stereocenters. The van der Waals surface area contributed by atoms with Gasteiger partial charge in [-0.25, -0.2) is 0 Å². The van der Waals surface area contributed by atoms with E-state index >= 15 is 0 Å². The lowest BCUT2D eigenvalue weighted by Gasteiger charge is -2.42. The predicted molar refractivity (Wildman–Crippen MR) is 41.1 cm³/mol. The van der Waals surface area contributed by atoms with Crippen LogP contribution in [-0.2, 0) is 0 Å². The molecule has 2 atom stereocenters. The fraction of sp³-hybridized carbons (Fsp3) is 0.857. The summed E-state index contributed by atoms with van der Waals surface area (Å²) in [6.07, 6.45) is 0. The molecule has 0 amide bonds. The van der Waals surface area contributed by atoms with Crippen molar-refractivity contribution in [1.29, 1.82) is 0 Å². The van der Waals surface area contributed by atoms with Crippen LogP contribution in [0.2, 0.25) is 0 Å². The normalized spacial score (nSPS) is 40.9. The maximum absolute atomic E-state index is 11.2. The Morgan fingerprint density at radius 3 is 1.27 bits per heavy atom. The summed E-state index contributed by atoms with van der Waals surface area (Å²) in [6.45, 7) is 8.49. The van der Waals surface area contributed by atoms with E-state index in [1.54, 1.807) is 0 Å². The van der Waals surface area contributed by atoms with Crippen LogP contribution in [0.4, 0.5) is 0 Å². The Balaban J connectivity index is 2.95. The second kappa shape index (κ2) is 2.17. The fourth-order valence-corrected chi connectivity index (χ4v) is 1.10. The van der Waals surface area contributed by atoms with Crippen molar-refractivity contribution in [2.45, 2.75) is 38.8 Å². The smallest absolute Gasteiger partial charge is 0.125 e. The van der Waals surface area contributed by atoms with Crippen molar-refractivity contribution in [1.82, 2.24) is 0 Å². The topological polar surface area (TPSA) is 55.0 Å². The molecule has 1 fully saturated rings. The van der Waals surface area contributed by atoms with Gasteiger partial charge < -0.3 is 20.5 Å². The minimum absolute atomic E-state index is 0.0486. The van der Waals surface area contributed by atoms with Crippen molar-refractivity contribution >= 4 is 0 Å². The van der Waals surface area contributed by atoms with E-state index in [0.717, 1.165) is 0 Å². The molecule has 0 aromatic rings. The second-order valence-corrected chi connectivity index (χ2v) is 4.12. The van der Waals surface area contributed by atoms with Crippen LogP contribution >= 0.6 is 0 Å².